The Bertz CT molecular complexity index is 1840. The van der Waals surface area contributed by atoms with E-state index in [1.165, 1.54) is 0 Å². The molecule has 6 rings (SSSR count). The SMILES string of the molecule is COc1ccc([N+](c2ccc(/C=C/c3cccc([N+](c4ccc(OC)cc4)c4ccc(OC)cc4)c3)cc2)c2ccc(OC)cc2)cc1. The van der Waals surface area contributed by atoms with Gasteiger partial charge in [0.1, 0.15) is 23.0 Å². The minimum absolute atomic E-state index is 0.812. The lowest BCUT2D eigenvalue weighted by molar-refractivity contribution is 0.414. The van der Waals surface area contributed by atoms with Crippen LogP contribution in [0.1, 0.15) is 11.1 Å². The molecule has 0 saturated heterocycles. The molecule has 0 aliphatic heterocycles. The van der Waals surface area contributed by atoms with Crippen molar-refractivity contribution in [2.45, 2.75) is 0 Å². The summed E-state index contributed by atoms with van der Waals surface area (Å²) in [5.74, 6) is 3.25. The van der Waals surface area contributed by atoms with Gasteiger partial charge in [-0.05, 0) is 71.8 Å². The van der Waals surface area contributed by atoms with Crippen LogP contribution in [0.3, 0.4) is 0 Å². The molecule has 0 aromatic heterocycles. The van der Waals surface area contributed by atoms with Crippen LogP contribution in [0.25, 0.3) is 12.2 Å². The fraction of sp³-hybridized carbons (Fsp3) is 0.0952. The fourth-order valence-electron chi connectivity index (χ4n) is 5.51. The zero-order valence-electron chi connectivity index (χ0n) is 27.5. The Kier molecular flexibility index (Phi) is 10.2. The molecule has 6 aromatic carbocycles. The number of hydrogen-bond donors (Lipinski definition) is 0. The van der Waals surface area contributed by atoms with Crippen LogP contribution in [0, 0.1) is 0 Å². The van der Waals surface area contributed by atoms with Crippen LogP contribution in [0.5, 0.6) is 23.0 Å². The number of benzene rings is 6. The summed E-state index contributed by atoms with van der Waals surface area (Å²) in [6, 6.07) is 49.3. The zero-order valence-corrected chi connectivity index (χ0v) is 27.5. The molecule has 0 spiro atoms. The Morgan fingerprint density at radius 2 is 0.646 bits per heavy atom. The minimum atomic E-state index is 0.812. The quantitative estimate of drug-likeness (QED) is 0.0993. The van der Waals surface area contributed by atoms with Gasteiger partial charge in [-0.2, -0.15) is 0 Å². The van der Waals surface area contributed by atoms with Crippen molar-refractivity contribution >= 4 is 46.3 Å². The van der Waals surface area contributed by atoms with Crippen LogP contribution < -0.4 is 28.7 Å². The molecule has 2 radical (unpaired) electrons. The molecule has 6 aromatic rings. The van der Waals surface area contributed by atoms with Crippen molar-refractivity contribution < 1.29 is 18.9 Å². The molecular formula is C42H38N2O4+2. The van der Waals surface area contributed by atoms with Crippen molar-refractivity contribution in [3.05, 3.63) is 157 Å². The molecule has 6 nitrogen and oxygen atoms in total. The van der Waals surface area contributed by atoms with Gasteiger partial charge in [-0.25, -0.2) is 0 Å². The van der Waals surface area contributed by atoms with Crippen LogP contribution in [0.4, 0.5) is 34.1 Å². The summed E-state index contributed by atoms with van der Waals surface area (Å²) in [5.41, 5.74) is 8.36. The first-order valence-electron chi connectivity index (χ1n) is 15.6. The maximum absolute atomic E-state index is 5.41. The second kappa shape index (κ2) is 15.2. The molecular weight excluding hydrogens is 596 g/mol. The molecule has 0 heterocycles. The lowest BCUT2D eigenvalue weighted by Crippen LogP contribution is -2.11. The highest BCUT2D eigenvalue weighted by molar-refractivity contribution is 5.75. The molecule has 0 fully saturated rings. The van der Waals surface area contributed by atoms with E-state index in [2.05, 4.69) is 119 Å². The molecule has 48 heavy (non-hydrogen) atoms. The number of hydrogen-bond acceptors (Lipinski definition) is 6. The van der Waals surface area contributed by atoms with Crippen molar-refractivity contribution in [1.82, 2.24) is 9.80 Å². The summed E-state index contributed by atoms with van der Waals surface area (Å²) < 4.78 is 21.6. The normalized spacial score (nSPS) is 11.2. The van der Waals surface area contributed by atoms with Crippen molar-refractivity contribution in [2.24, 2.45) is 0 Å². The molecule has 0 unspecified atom stereocenters. The molecule has 0 amide bonds. The van der Waals surface area contributed by atoms with Gasteiger partial charge in [-0.3, -0.25) is 0 Å². The molecule has 0 saturated carbocycles. The van der Waals surface area contributed by atoms with Crippen LogP contribution in [-0.4, -0.2) is 28.4 Å². The minimum Gasteiger partial charge on any atom is -0.497 e. The van der Waals surface area contributed by atoms with Gasteiger partial charge < -0.3 is 18.9 Å². The molecule has 238 valence electrons. The average molecular weight is 635 g/mol. The highest BCUT2D eigenvalue weighted by Gasteiger charge is 2.27. The second-order valence-electron chi connectivity index (χ2n) is 11.0. The van der Waals surface area contributed by atoms with E-state index in [4.69, 9.17) is 18.9 Å². The number of methoxy groups -OCH3 is 4. The molecule has 0 atom stereocenters. The summed E-state index contributed by atoms with van der Waals surface area (Å²) in [5, 5.41) is 0. The van der Waals surface area contributed by atoms with Crippen molar-refractivity contribution in [3.63, 3.8) is 0 Å². The highest BCUT2D eigenvalue weighted by atomic mass is 16.5. The van der Waals surface area contributed by atoms with E-state index in [0.29, 0.717) is 0 Å². The third kappa shape index (κ3) is 7.42. The van der Waals surface area contributed by atoms with Crippen LogP contribution >= 0.6 is 0 Å². The van der Waals surface area contributed by atoms with Crippen LogP contribution in [0.2, 0.25) is 0 Å². The molecule has 0 aliphatic carbocycles. The van der Waals surface area contributed by atoms with Crippen molar-refractivity contribution in [1.29, 1.82) is 0 Å². The zero-order chi connectivity index (χ0) is 33.3. The van der Waals surface area contributed by atoms with Gasteiger partial charge in [0, 0.05) is 72.8 Å². The van der Waals surface area contributed by atoms with Gasteiger partial charge in [-0.15, -0.1) is 0 Å². The monoisotopic (exact) mass is 634 g/mol. The summed E-state index contributed by atoms with van der Waals surface area (Å²) in [6.45, 7) is 0. The Balaban J connectivity index is 1.28. The topological polar surface area (TPSA) is 48.7 Å². The van der Waals surface area contributed by atoms with Crippen LogP contribution in [-0.2, 0) is 0 Å². The van der Waals surface area contributed by atoms with E-state index < -0.39 is 0 Å². The van der Waals surface area contributed by atoms with E-state index in [1.807, 2.05) is 48.5 Å². The first-order chi connectivity index (χ1) is 23.6. The van der Waals surface area contributed by atoms with Gasteiger partial charge in [0.15, 0.2) is 34.1 Å². The first-order valence-corrected chi connectivity index (χ1v) is 15.6. The van der Waals surface area contributed by atoms with Gasteiger partial charge in [0.05, 0.1) is 28.4 Å². The van der Waals surface area contributed by atoms with E-state index in [-0.39, 0.29) is 0 Å². The van der Waals surface area contributed by atoms with Crippen molar-refractivity contribution in [3.8, 4) is 23.0 Å². The fourth-order valence-corrected chi connectivity index (χ4v) is 5.51. The Morgan fingerprint density at radius 3 is 1.00 bits per heavy atom. The molecule has 0 N–H and O–H groups in total. The van der Waals surface area contributed by atoms with E-state index >= 15 is 0 Å². The van der Waals surface area contributed by atoms with Gasteiger partial charge in [0.25, 0.3) is 0 Å². The van der Waals surface area contributed by atoms with Crippen molar-refractivity contribution in [2.75, 3.05) is 28.4 Å². The third-order valence-corrected chi connectivity index (χ3v) is 8.07. The number of rotatable bonds is 12. The number of anilines is 6. The van der Waals surface area contributed by atoms with Gasteiger partial charge in [0.2, 0.25) is 0 Å². The van der Waals surface area contributed by atoms with E-state index in [9.17, 15) is 0 Å². The summed E-state index contributed by atoms with van der Waals surface area (Å²) in [7, 11) is 6.71. The Hall–Kier alpha value is -5.82. The summed E-state index contributed by atoms with van der Waals surface area (Å²) in [4.78, 5) is 4.43. The molecule has 0 bridgehead atoms. The maximum atomic E-state index is 5.41. The average Bonchev–Trinajstić information content (AvgIpc) is 3.16. The Labute approximate surface area is 282 Å². The lowest BCUT2D eigenvalue weighted by Gasteiger charge is -2.13. The largest absolute Gasteiger partial charge is 0.497 e. The standard InChI is InChI=1S/C42H38N2O4/c1-45-39-22-14-34(15-23-39)43(35-16-24-40(46-2)25-17-35)33-12-10-31(11-13-33)8-9-32-6-5-7-38(30-32)44(36-18-26-41(47-3)27-19-36)37-20-28-42(48-4)29-21-37/h5-30H,1-4H3/q+2/b9-8+. The predicted octanol–water partition coefficient (Wildman–Crippen LogP) is 10.8. The lowest BCUT2D eigenvalue weighted by atomic mass is 10.1. The van der Waals surface area contributed by atoms with E-state index in [0.717, 1.165) is 68.2 Å². The highest BCUT2D eigenvalue weighted by Crippen LogP contribution is 2.37. The third-order valence-electron chi connectivity index (χ3n) is 8.07. The molecule has 6 heteroatoms. The number of nitrogens with zero attached hydrogens (tertiary/aromatic N) is 2. The second-order valence-corrected chi connectivity index (χ2v) is 11.0. The Morgan fingerprint density at radius 1 is 0.333 bits per heavy atom. The predicted molar refractivity (Wildman–Crippen MR) is 196 cm³/mol. The van der Waals surface area contributed by atoms with Gasteiger partial charge >= 0.3 is 0 Å². The van der Waals surface area contributed by atoms with Crippen LogP contribution in [0.15, 0.2) is 146 Å². The molecule has 0 aliphatic rings. The summed E-state index contributed by atoms with van der Waals surface area (Å²) in [6.07, 6.45) is 4.28. The smallest absolute Gasteiger partial charge is 0.193 e. The first kappa shape index (κ1) is 32.1. The maximum Gasteiger partial charge on any atom is 0.193 e. The van der Waals surface area contributed by atoms with E-state index in [1.54, 1.807) is 28.4 Å². The number of ether oxygens (including phenoxy) is 4. The summed E-state index contributed by atoms with van der Waals surface area (Å²) >= 11 is 0. The van der Waals surface area contributed by atoms with Gasteiger partial charge in [-0.1, -0.05) is 34.1 Å².